The molecule has 2 heterocycles. The molecule has 100 valence electrons. The number of imidazole rings is 1. The van der Waals surface area contributed by atoms with Gasteiger partial charge in [-0.05, 0) is 18.6 Å². The van der Waals surface area contributed by atoms with Crippen LogP contribution in [-0.4, -0.2) is 41.0 Å². The van der Waals surface area contributed by atoms with E-state index in [1.807, 2.05) is 12.4 Å². The summed E-state index contributed by atoms with van der Waals surface area (Å²) in [6.45, 7) is 7.47. The average Bonchev–Trinajstić information content (AvgIpc) is 2.93. The largest absolute Gasteiger partial charge is 0.369 e. The summed E-state index contributed by atoms with van der Waals surface area (Å²) in [6.07, 6.45) is 3.71. The van der Waals surface area contributed by atoms with Crippen molar-refractivity contribution in [3.8, 4) is 0 Å². The Morgan fingerprint density at radius 3 is 2.63 bits per heavy atom. The number of nitrogens with zero attached hydrogens (tertiary/aromatic N) is 3. The summed E-state index contributed by atoms with van der Waals surface area (Å²) >= 11 is 0. The SMILES string of the molecule is Cc1ccccc1N1CCN(Cc2ncc[nH]2)CC1. The van der Waals surface area contributed by atoms with Crippen molar-refractivity contribution in [3.05, 3.63) is 48.0 Å². The van der Waals surface area contributed by atoms with Crippen LogP contribution in [0.5, 0.6) is 0 Å². The Kier molecular flexibility index (Phi) is 3.51. The van der Waals surface area contributed by atoms with Crippen LogP contribution in [-0.2, 0) is 6.54 Å². The highest BCUT2D eigenvalue weighted by molar-refractivity contribution is 5.53. The molecule has 1 fully saturated rings. The van der Waals surface area contributed by atoms with Gasteiger partial charge in [-0.2, -0.15) is 0 Å². The Bertz CT molecular complexity index is 513. The second-order valence-electron chi connectivity index (χ2n) is 5.09. The van der Waals surface area contributed by atoms with Gasteiger partial charge in [0.05, 0.1) is 6.54 Å². The molecule has 4 heteroatoms. The van der Waals surface area contributed by atoms with Crippen LogP contribution in [0.15, 0.2) is 36.7 Å². The van der Waals surface area contributed by atoms with Gasteiger partial charge in [-0.3, -0.25) is 4.90 Å². The molecular formula is C15H20N4. The third kappa shape index (κ3) is 2.79. The Labute approximate surface area is 114 Å². The van der Waals surface area contributed by atoms with Crippen LogP contribution in [0.25, 0.3) is 0 Å². The molecule has 1 saturated heterocycles. The van der Waals surface area contributed by atoms with Gasteiger partial charge >= 0.3 is 0 Å². The molecule has 1 aliphatic rings. The molecule has 1 aromatic heterocycles. The minimum atomic E-state index is 0.925. The molecule has 1 N–H and O–H groups in total. The highest BCUT2D eigenvalue weighted by Gasteiger charge is 2.18. The van der Waals surface area contributed by atoms with Crippen molar-refractivity contribution in [1.82, 2.24) is 14.9 Å². The van der Waals surface area contributed by atoms with Crippen LogP contribution in [0.2, 0.25) is 0 Å². The number of H-pyrrole nitrogens is 1. The molecule has 0 atom stereocenters. The number of aryl methyl sites for hydroxylation is 1. The molecule has 2 aromatic rings. The molecule has 3 rings (SSSR count). The summed E-state index contributed by atoms with van der Waals surface area (Å²) in [5, 5.41) is 0. The second-order valence-corrected chi connectivity index (χ2v) is 5.09. The standard InChI is InChI=1S/C15H20N4/c1-13-4-2-3-5-14(13)19-10-8-18(9-11-19)12-15-16-6-7-17-15/h2-7H,8-12H2,1H3,(H,16,17). The Balaban J connectivity index is 1.59. The van der Waals surface area contributed by atoms with Crippen LogP contribution >= 0.6 is 0 Å². The van der Waals surface area contributed by atoms with Gasteiger partial charge in [-0.25, -0.2) is 4.98 Å². The van der Waals surface area contributed by atoms with Gasteiger partial charge in [0.25, 0.3) is 0 Å². The fourth-order valence-electron chi connectivity index (χ4n) is 2.66. The fraction of sp³-hybridized carbons (Fsp3) is 0.400. The zero-order valence-electron chi connectivity index (χ0n) is 11.3. The first kappa shape index (κ1) is 12.2. The zero-order valence-corrected chi connectivity index (χ0v) is 11.3. The number of aromatic nitrogens is 2. The normalized spacial score (nSPS) is 16.8. The third-order valence-electron chi connectivity index (χ3n) is 3.76. The number of aromatic amines is 1. The zero-order chi connectivity index (χ0) is 13.1. The van der Waals surface area contributed by atoms with E-state index in [4.69, 9.17) is 0 Å². The number of para-hydroxylation sites is 1. The van der Waals surface area contributed by atoms with E-state index in [0.29, 0.717) is 0 Å². The van der Waals surface area contributed by atoms with E-state index in [-0.39, 0.29) is 0 Å². The number of rotatable bonds is 3. The summed E-state index contributed by atoms with van der Waals surface area (Å²) in [5.74, 6) is 1.06. The van der Waals surface area contributed by atoms with Gasteiger partial charge in [0, 0.05) is 44.3 Å². The monoisotopic (exact) mass is 256 g/mol. The lowest BCUT2D eigenvalue weighted by molar-refractivity contribution is 0.244. The van der Waals surface area contributed by atoms with Crippen LogP contribution in [0.1, 0.15) is 11.4 Å². The predicted octanol–water partition coefficient (Wildman–Crippen LogP) is 2.04. The molecule has 1 aromatic carbocycles. The Morgan fingerprint density at radius 2 is 1.95 bits per heavy atom. The van der Waals surface area contributed by atoms with E-state index < -0.39 is 0 Å². The fourth-order valence-corrected chi connectivity index (χ4v) is 2.66. The van der Waals surface area contributed by atoms with E-state index in [1.165, 1.54) is 11.3 Å². The average molecular weight is 256 g/mol. The summed E-state index contributed by atoms with van der Waals surface area (Å²) in [4.78, 5) is 12.4. The van der Waals surface area contributed by atoms with E-state index >= 15 is 0 Å². The first-order valence-corrected chi connectivity index (χ1v) is 6.84. The van der Waals surface area contributed by atoms with Crippen molar-refractivity contribution in [2.75, 3.05) is 31.1 Å². The third-order valence-corrected chi connectivity index (χ3v) is 3.76. The van der Waals surface area contributed by atoms with E-state index in [9.17, 15) is 0 Å². The molecule has 1 aliphatic heterocycles. The van der Waals surface area contributed by atoms with Crippen LogP contribution in [0.4, 0.5) is 5.69 Å². The Hall–Kier alpha value is -1.81. The smallest absolute Gasteiger partial charge is 0.120 e. The minimum absolute atomic E-state index is 0.925. The van der Waals surface area contributed by atoms with Gasteiger partial charge in [0.15, 0.2) is 0 Å². The first-order chi connectivity index (χ1) is 9.33. The molecule has 0 aliphatic carbocycles. The van der Waals surface area contributed by atoms with E-state index in [2.05, 4.69) is 51.0 Å². The summed E-state index contributed by atoms with van der Waals surface area (Å²) in [6, 6.07) is 8.63. The molecule has 0 bridgehead atoms. The summed E-state index contributed by atoms with van der Waals surface area (Å²) < 4.78 is 0. The highest BCUT2D eigenvalue weighted by atomic mass is 15.3. The lowest BCUT2D eigenvalue weighted by atomic mass is 10.1. The van der Waals surface area contributed by atoms with E-state index in [0.717, 1.165) is 38.5 Å². The topological polar surface area (TPSA) is 35.2 Å². The van der Waals surface area contributed by atoms with Crippen LogP contribution in [0, 0.1) is 6.92 Å². The van der Waals surface area contributed by atoms with E-state index in [1.54, 1.807) is 0 Å². The maximum Gasteiger partial charge on any atom is 0.120 e. The number of hydrogen-bond donors (Lipinski definition) is 1. The number of nitrogens with one attached hydrogen (secondary N) is 1. The second kappa shape index (κ2) is 5.45. The van der Waals surface area contributed by atoms with Gasteiger partial charge in [-0.15, -0.1) is 0 Å². The molecule has 4 nitrogen and oxygen atoms in total. The molecule has 0 radical (unpaired) electrons. The van der Waals surface area contributed by atoms with Crippen molar-refractivity contribution in [1.29, 1.82) is 0 Å². The minimum Gasteiger partial charge on any atom is -0.369 e. The molecule has 19 heavy (non-hydrogen) atoms. The summed E-state index contributed by atoms with van der Waals surface area (Å²) in [5.41, 5.74) is 2.74. The quantitative estimate of drug-likeness (QED) is 0.912. The molecule has 0 saturated carbocycles. The molecular weight excluding hydrogens is 236 g/mol. The predicted molar refractivity (Wildman–Crippen MR) is 77.3 cm³/mol. The van der Waals surface area contributed by atoms with Crippen molar-refractivity contribution < 1.29 is 0 Å². The lowest BCUT2D eigenvalue weighted by Gasteiger charge is -2.36. The highest BCUT2D eigenvalue weighted by Crippen LogP contribution is 2.20. The van der Waals surface area contributed by atoms with Crippen LogP contribution < -0.4 is 4.90 Å². The van der Waals surface area contributed by atoms with Crippen molar-refractivity contribution in [2.24, 2.45) is 0 Å². The van der Waals surface area contributed by atoms with Crippen molar-refractivity contribution >= 4 is 5.69 Å². The lowest BCUT2D eigenvalue weighted by Crippen LogP contribution is -2.46. The molecule has 0 unspecified atom stereocenters. The van der Waals surface area contributed by atoms with Gasteiger partial charge in [0.1, 0.15) is 5.82 Å². The number of hydrogen-bond acceptors (Lipinski definition) is 3. The van der Waals surface area contributed by atoms with Gasteiger partial charge in [-0.1, -0.05) is 18.2 Å². The first-order valence-electron chi connectivity index (χ1n) is 6.84. The van der Waals surface area contributed by atoms with Crippen LogP contribution in [0.3, 0.4) is 0 Å². The molecule has 0 spiro atoms. The van der Waals surface area contributed by atoms with Crippen molar-refractivity contribution in [2.45, 2.75) is 13.5 Å². The Morgan fingerprint density at radius 1 is 1.16 bits per heavy atom. The maximum atomic E-state index is 4.29. The number of piperazine rings is 1. The van der Waals surface area contributed by atoms with Gasteiger partial charge in [0.2, 0.25) is 0 Å². The molecule has 0 amide bonds. The van der Waals surface area contributed by atoms with Crippen molar-refractivity contribution in [3.63, 3.8) is 0 Å². The van der Waals surface area contributed by atoms with Gasteiger partial charge < -0.3 is 9.88 Å². The number of benzene rings is 1. The number of anilines is 1. The summed E-state index contributed by atoms with van der Waals surface area (Å²) in [7, 11) is 0. The maximum absolute atomic E-state index is 4.29.